The van der Waals surface area contributed by atoms with Crippen LogP contribution < -0.4 is 5.14 Å². The zero-order valence-corrected chi connectivity index (χ0v) is 8.71. The molecule has 0 saturated heterocycles. The average Bonchev–Trinajstić information content (AvgIpc) is 2.02. The molecule has 4 nitrogen and oxygen atoms in total. The van der Waals surface area contributed by atoms with Crippen molar-refractivity contribution >= 4 is 10.0 Å². The molecule has 1 rings (SSSR count). The average molecular weight is 215 g/mol. The third-order valence-electron chi connectivity index (χ3n) is 1.95. The lowest BCUT2D eigenvalue weighted by molar-refractivity contribution is 0.299. The normalized spacial score (nSPS) is 11.6. The van der Waals surface area contributed by atoms with Crippen molar-refractivity contribution in [1.29, 1.82) is 0 Å². The van der Waals surface area contributed by atoms with Gasteiger partial charge in [0.15, 0.2) is 0 Å². The van der Waals surface area contributed by atoms with E-state index in [9.17, 15) is 8.42 Å². The number of nitrogens with two attached hydrogens (primary N) is 1. The minimum Gasteiger partial charge on any atom is -0.396 e. The van der Waals surface area contributed by atoms with Crippen molar-refractivity contribution in [3.63, 3.8) is 0 Å². The van der Waals surface area contributed by atoms with Crippen LogP contribution in [0.2, 0.25) is 0 Å². The number of rotatable bonds is 3. The number of aliphatic hydroxyl groups is 1. The van der Waals surface area contributed by atoms with E-state index in [1.165, 1.54) is 6.07 Å². The molecule has 14 heavy (non-hydrogen) atoms. The van der Waals surface area contributed by atoms with Crippen LogP contribution in [-0.2, 0) is 16.4 Å². The van der Waals surface area contributed by atoms with Gasteiger partial charge in [-0.3, -0.25) is 0 Å². The van der Waals surface area contributed by atoms with E-state index in [0.717, 1.165) is 5.56 Å². The first-order chi connectivity index (χ1) is 6.45. The highest BCUT2D eigenvalue weighted by Gasteiger charge is 2.10. The molecule has 3 N–H and O–H groups in total. The molecule has 0 radical (unpaired) electrons. The highest BCUT2D eigenvalue weighted by molar-refractivity contribution is 7.89. The van der Waals surface area contributed by atoms with Gasteiger partial charge in [0.05, 0.1) is 4.90 Å². The molecule has 5 heteroatoms. The van der Waals surface area contributed by atoms with E-state index in [0.29, 0.717) is 12.0 Å². The van der Waals surface area contributed by atoms with Crippen molar-refractivity contribution < 1.29 is 13.5 Å². The van der Waals surface area contributed by atoms with E-state index in [-0.39, 0.29) is 11.5 Å². The van der Waals surface area contributed by atoms with Gasteiger partial charge in [0.2, 0.25) is 10.0 Å². The molecule has 0 atom stereocenters. The molecule has 0 aliphatic heterocycles. The van der Waals surface area contributed by atoms with E-state index >= 15 is 0 Å². The van der Waals surface area contributed by atoms with Crippen LogP contribution >= 0.6 is 0 Å². The van der Waals surface area contributed by atoms with Crippen LogP contribution in [0.1, 0.15) is 11.1 Å². The molecule has 0 aromatic heterocycles. The van der Waals surface area contributed by atoms with Gasteiger partial charge in [-0.1, -0.05) is 12.1 Å². The van der Waals surface area contributed by atoms with Gasteiger partial charge in [-0.05, 0) is 30.5 Å². The first kappa shape index (κ1) is 11.2. The summed E-state index contributed by atoms with van der Waals surface area (Å²) in [7, 11) is -3.63. The van der Waals surface area contributed by atoms with Crippen molar-refractivity contribution in [3.05, 3.63) is 29.3 Å². The number of benzene rings is 1. The predicted octanol–water partition coefficient (Wildman–Crippen LogP) is 0.177. The molecule has 0 fully saturated rings. The lowest BCUT2D eigenvalue weighted by atomic mass is 10.1. The molecule has 78 valence electrons. The van der Waals surface area contributed by atoms with Crippen molar-refractivity contribution in [2.45, 2.75) is 18.2 Å². The molecule has 0 unspecified atom stereocenters. The van der Waals surface area contributed by atoms with Gasteiger partial charge in [0.1, 0.15) is 0 Å². The molecule has 0 heterocycles. The van der Waals surface area contributed by atoms with Crippen molar-refractivity contribution in [2.75, 3.05) is 6.61 Å². The summed E-state index contributed by atoms with van der Waals surface area (Å²) in [6, 6.07) is 4.84. The minimum atomic E-state index is -3.63. The van der Waals surface area contributed by atoms with Crippen LogP contribution in [0.3, 0.4) is 0 Å². The Bertz CT molecular complexity index is 426. The number of aryl methyl sites for hydroxylation is 1. The van der Waals surface area contributed by atoms with Gasteiger partial charge in [0.25, 0.3) is 0 Å². The summed E-state index contributed by atoms with van der Waals surface area (Å²) in [4.78, 5) is 0.138. The fraction of sp³-hybridized carbons (Fsp3) is 0.333. The van der Waals surface area contributed by atoms with Gasteiger partial charge >= 0.3 is 0 Å². The van der Waals surface area contributed by atoms with E-state index in [2.05, 4.69) is 0 Å². The third-order valence-corrected chi connectivity index (χ3v) is 3.02. The number of hydrogen-bond donors (Lipinski definition) is 2. The van der Waals surface area contributed by atoms with Crippen molar-refractivity contribution in [2.24, 2.45) is 5.14 Å². The van der Waals surface area contributed by atoms with Crippen LogP contribution in [-0.4, -0.2) is 20.1 Å². The summed E-state index contributed by atoms with van der Waals surface area (Å²) in [5.74, 6) is 0. The first-order valence-corrected chi connectivity index (χ1v) is 5.73. The smallest absolute Gasteiger partial charge is 0.238 e. The fourth-order valence-corrected chi connectivity index (χ4v) is 2.08. The van der Waals surface area contributed by atoms with Gasteiger partial charge < -0.3 is 5.11 Å². The van der Waals surface area contributed by atoms with E-state index in [1.54, 1.807) is 19.1 Å². The highest BCUT2D eigenvalue weighted by atomic mass is 32.2. The zero-order valence-electron chi connectivity index (χ0n) is 7.90. The molecule has 0 bridgehead atoms. The Hall–Kier alpha value is -0.910. The monoisotopic (exact) mass is 215 g/mol. The molecule has 0 aliphatic carbocycles. The van der Waals surface area contributed by atoms with E-state index in [1.807, 2.05) is 0 Å². The Morgan fingerprint density at radius 3 is 2.50 bits per heavy atom. The first-order valence-electron chi connectivity index (χ1n) is 4.18. The second-order valence-corrected chi connectivity index (χ2v) is 4.65. The Balaban J connectivity index is 3.15. The van der Waals surface area contributed by atoms with E-state index in [4.69, 9.17) is 10.2 Å². The lowest BCUT2D eigenvalue weighted by Gasteiger charge is -2.05. The lowest BCUT2D eigenvalue weighted by Crippen LogP contribution is -2.13. The van der Waals surface area contributed by atoms with Crippen LogP contribution in [0, 0.1) is 6.92 Å². The highest BCUT2D eigenvalue weighted by Crippen LogP contribution is 2.15. The van der Waals surface area contributed by atoms with Gasteiger partial charge in [0, 0.05) is 6.61 Å². The maximum Gasteiger partial charge on any atom is 0.238 e. The number of sulfonamides is 1. The summed E-state index contributed by atoms with van der Waals surface area (Å²) < 4.78 is 22.1. The summed E-state index contributed by atoms with van der Waals surface area (Å²) in [6.07, 6.45) is 0.520. The van der Waals surface area contributed by atoms with Gasteiger partial charge in [-0.25, -0.2) is 13.6 Å². The largest absolute Gasteiger partial charge is 0.396 e. The summed E-state index contributed by atoms with van der Waals surface area (Å²) in [6.45, 7) is 1.73. The molecule has 0 spiro atoms. The van der Waals surface area contributed by atoms with Crippen molar-refractivity contribution in [3.8, 4) is 0 Å². The quantitative estimate of drug-likeness (QED) is 0.754. The molecule has 0 amide bonds. The Kier molecular flexibility index (Phi) is 3.25. The Morgan fingerprint density at radius 2 is 2.07 bits per heavy atom. The summed E-state index contributed by atoms with van der Waals surface area (Å²) in [5, 5.41) is 13.7. The van der Waals surface area contributed by atoms with E-state index < -0.39 is 10.0 Å². The predicted molar refractivity (Wildman–Crippen MR) is 53.3 cm³/mol. The summed E-state index contributed by atoms with van der Waals surface area (Å²) >= 11 is 0. The van der Waals surface area contributed by atoms with Crippen LogP contribution in [0.15, 0.2) is 23.1 Å². The number of primary sulfonamides is 1. The van der Waals surface area contributed by atoms with Crippen molar-refractivity contribution in [1.82, 2.24) is 0 Å². The second-order valence-electron chi connectivity index (χ2n) is 3.12. The molecule has 1 aromatic carbocycles. The second kappa shape index (κ2) is 4.08. The zero-order chi connectivity index (χ0) is 10.8. The molecule has 0 saturated carbocycles. The maximum atomic E-state index is 11.1. The number of hydrogen-bond acceptors (Lipinski definition) is 3. The Morgan fingerprint density at radius 1 is 1.43 bits per heavy atom. The van der Waals surface area contributed by atoms with Crippen LogP contribution in [0.4, 0.5) is 0 Å². The third kappa shape index (κ3) is 2.54. The van der Waals surface area contributed by atoms with Crippen LogP contribution in [0.5, 0.6) is 0 Å². The summed E-state index contributed by atoms with van der Waals surface area (Å²) in [5.41, 5.74) is 1.51. The molecular weight excluding hydrogens is 202 g/mol. The Labute approximate surface area is 83.4 Å². The van der Waals surface area contributed by atoms with Crippen LogP contribution in [0.25, 0.3) is 0 Å². The fourth-order valence-electron chi connectivity index (χ4n) is 1.32. The standard InChI is InChI=1S/C9H13NO3S/c1-7-6-8(4-5-11)2-3-9(7)14(10,12)13/h2-3,6,11H,4-5H2,1H3,(H2,10,12,13). The van der Waals surface area contributed by atoms with Gasteiger partial charge in [-0.15, -0.1) is 0 Å². The topological polar surface area (TPSA) is 80.4 Å². The maximum absolute atomic E-state index is 11.1. The number of aliphatic hydroxyl groups excluding tert-OH is 1. The van der Waals surface area contributed by atoms with Gasteiger partial charge in [-0.2, -0.15) is 0 Å². The SMILES string of the molecule is Cc1cc(CCO)ccc1S(N)(=O)=O. The minimum absolute atomic E-state index is 0.0498. The molecule has 0 aliphatic rings. The molecular formula is C9H13NO3S. The molecule has 1 aromatic rings.